The molecule has 43 heavy (non-hydrogen) atoms. The molecule has 0 bridgehead atoms. The summed E-state index contributed by atoms with van der Waals surface area (Å²) in [6.07, 6.45) is 6.13. The number of carbonyl (C=O) groups excluding carboxylic acids is 2. The predicted octanol–water partition coefficient (Wildman–Crippen LogP) is 5.58. The molecule has 0 spiro atoms. The standard InChI is InChI=1S/C34H43N3O5S/c1-3-32(34(39)35-28-16-10-6-11-17-28)36(25-24-27-14-8-5-9-15-27)33(38)26-37(29-20-22-30(23-21-29)42-4-2)43(40,41)31-18-12-7-13-19-31/h5,7-9,12-15,18-23,28,32H,3-4,6,10-11,16-17,24-26H2,1-2H3,(H,35,39). The van der Waals surface area contributed by atoms with Gasteiger partial charge in [-0.25, -0.2) is 8.42 Å². The summed E-state index contributed by atoms with van der Waals surface area (Å²) < 4.78 is 34.6. The van der Waals surface area contributed by atoms with Crippen LogP contribution < -0.4 is 14.4 Å². The Bertz CT molecular complexity index is 1410. The number of hydrogen-bond donors (Lipinski definition) is 1. The lowest BCUT2D eigenvalue weighted by Gasteiger charge is -2.34. The van der Waals surface area contributed by atoms with Crippen molar-refractivity contribution in [2.75, 3.05) is 24.0 Å². The van der Waals surface area contributed by atoms with Crippen molar-refractivity contribution in [3.05, 3.63) is 90.5 Å². The summed E-state index contributed by atoms with van der Waals surface area (Å²) in [5.74, 6) is -0.0196. The smallest absolute Gasteiger partial charge is 0.264 e. The fourth-order valence-corrected chi connectivity index (χ4v) is 7.00. The van der Waals surface area contributed by atoms with E-state index in [0.717, 1.165) is 35.6 Å². The molecule has 2 amide bonds. The Kier molecular flexibility index (Phi) is 11.6. The van der Waals surface area contributed by atoms with E-state index >= 15 is 0 Å². The van der Waals surface area contributed by atoms with Crippen molar-refractivity contribution in [3.63, 3.8) is 0 Å². The highest BCUT2D eigenvalue weighted by atomic mass is 32.2. The van der Waals surface area contributed by atoms with Crippen molar-refractivity contribution in [3.8, 4) is 5.75 Å². The van der Waals surface area contributed by atoms with Gasteiger partial charge in [-0.05, 0) is 74.6 Å². The van der Waals surface area contributed by atoms with E-state index in [-0.39, 0.29) is 23.4 Å². The van der Waals surface area contributed by atoms with Crippen molar-refractivity contribution in [2.45, 2.75) is 75.8 Å². The molecule has 1 aliphatic carbocycles. The molecule has 0 aliphatic heterocycles. The van der Waals surface area contributed by atoms with Gasteiger partial charge in [0.05, 0.1) is 17.2 Å². The maximum absolute atomic E-state index is 14.2. The molecule has 9 heteroatoms. The summed E-state index contributed by atoms with van der Waals surface area (Å²) in [6.45, 7) is 4.06. The third-order valence-corrected chi connectivity index (χ3v) is 9.66. The van der Waals surface area contributed by atoms with E-state index in [1.807, 2.05) is 44.2 Å². The molecule has 1 N–H and O–H groups in total. The fourth-order valence-electron chi connectivity index (χ4n) is 5.56. The van der Waals surface area contributed by atoms with Crippen LogP contribution in [0.2, 0.25) is 0 Å². The van der Waals surface area contributed by atoms with Crippen molar-refractivity contribution in [1.29, 1.82) is 0 Å². The van der Waals surface area contributed by atoms with Crippen molar-refractivity contribution in [1.82, 2.24) is 10.2 Å². The molecule has 1 aliphatic rings. The second-order valence-electron chi connectivity index (χ2n) is 10.8. The van der Waals surface area contributed by atoms with Gasteiger partial charge in [0.15, 0.2) is 0 Å². The quantitative estimate of drug-likeness (QED) is 0.259. The van der Waals surface area contributed by atoms with Crippen molar-refractivity contribution >= 4 is 27.5 Å². The van der Waals surface area contributed by atoms with Gasteiger partial charge in [0.2, 0.25) is 11.8 Å². The number of rotatable bonds is 14. The molecule has 1 fully saturated rings. The normalized spacial score (nSPS) is 14.5. The van der Waals surface area contributed by atoms with Crippen LogP contribution in [0.5, 0.6) is 5.75 Å². The van der Waals surface area contributed by atoms with E-state index in [9.17, 15) is 18.0 Å². The number of benzene rings is 3. The number of nitrogens with one attached hydrogen (secondary N) is 1. The van der Waals surface area contributed by atoms with Gasteiger partial charge in [0.1, 0.15) is 18.3 Å². The average molecular weight is 606 g/mol. The van der Waals surface area contributed by atoms with Crippen LogP contribution in [0.4, 0.5) is 5.69 Å². The summed E-state index contributed by atoms with van der Waals surface area (Å²) in [6, 6.07) is 23.9. The van der Waals surface area contributed by atoms with Gasteiger partial charge in [-0.15, -0.1) is 0 Å². The number of amides is 2. The monoisotopic (exact) mass is 605 g/mol. The fraction of sp³-hybridized carbons (Fsp3) is 0.412. The zero-order valence-electron chi connectivity index (χ0n) is 25.2. The Morgan fingerprint density at radius 3 is 2.12 bits per heavy atom. The molecule has 3 aromatic rings. The molecule has 8 nitrogen and oxygen atoms in total. The lowest BCUT2D eigenvalue weighted by molar-refractivity contribution is -0.140. The van der Waals surface area contributed by atoms with Gasteiger partial charge in [0.25, 0.3) is 10.0 Å². The average Bonchev–Trinajstić information content (AvgIpc) is 3.03. The Morgan fingerprint density at radius 1 is 0.884 bits per heavy atom. The van der Waals surface area contributed by atoms with Gasteiger partial charge in [-0.2, -0.15) is 0 Å². The zero-order valence-corrected chi connectivity index (χ0v) is 26.0. The minimum absolute atomic E-state index is 0.0783. The third kappa shape index (κ3) is 8.60. The van der Waals surface area contributed by atoms with E-state index in [2.05, 4.69) is 5.32 Å². The van der Waals surface area contributed by atoms with E-state index in [4.69, 9.17) is 4.74 Å². The van der Waals surface area contributed by atoms with Crippen LogP contribution >= 0.6 is 0 Å². The second kappa shape index (κ2) is 15.6. The van der Waals surface area contributed by atoms with Crippen LogP contribution in [-0.4, -0.2) is 56.9 Å². The maximum Gasteiger partial charge on any atom is 0.264 e. The van der Waals surface area contributed by atoms with Crippen LogP contribution in [0.1, 0.15) is 57.9 Å². The van der Waals surface area contributed by atoms with E-state index in [0.29, 0.717) is 30.9 Å². The first-order valence-corrected chi connectivity index (χ1v) is 16.7. The molecule has 0 radical (unpaired) electrons. The van der Waals surface area contributed by atoms with Crippen LogP contribution in [0, 0.1) is 0 Å². The summed E-state index contributed by atoms with van der Waals surface area (Å²) >= 11 is 0. The van der Waals surface area contributed by atoms with Crippen molar-refractivity contribution in [2.24, 2.45) is 0 Å². The van der Waals surface area contributed by atoms with Crippen LogP contribution in [0.15, 0.2) is 89.8 Å². The van der Waals surface area contributed by atoms with E-state index < -0.39 is 28.5 Å². The first-order chi connectivity index (χ1) is 20.8. The summed E-state index contributed by atoms with van der Waals surface area (Å²) in [7, 11) is -4.11. The van der Waals surface area contributed by atoms with E-state index in [1.54, 1.807) is 47.4 Å². The molecule has 4 rings (SSSR count). The first kappa shape index (κ1) is 32.1. The van der Waals surface area contributed by atoms with Gasteiger partial charge >= 0.3 is 0 Å². The number of hydrogen-bond acceptors (Lipinski definition) is 5. The van der Waals surface area contributed by atoms with Crippen molar-refractivity contribution < 1.29 is 22.7 Å². The largest absolute Gasteiger partial charge is 0.494 e. The molecular weight excluding hydrogens is 562 g/mol. The molecule has 0 saturated heterocycles. The zero-order chi connectivity index (χ0) is 30.7. The maximum atomic E-state index is 14.2. The lowest BCUT2D eigenvalue weighted by Crippen LogP contribution is -2.54. The summed E-state index contributed by atoms with van der Waals surface area (Å²) in [5, 5.41) is 3.18. The SMILES string of the molecule is CCOc1ccc(N(CC(=O)N(CCc2ccccc2)C(CC)C(=O)NC2CCCCC2)S(=O)(=O)c2ccccc2)cc1. The highest BCUT2D eigenvalue weighted by molar-refractivity contribution is 7.92. The van der Waals surface area contributed by atoms with E-state index in [1.165, 1.54) is 18.6 Å². The van der Waals surface area contributed by atoms with Gasteiger partial charge in [-0.1, -0.05) is 74.7 Å². The predicted molar refractivity (Wildman–Crippen MR) is 170 cm³/mol. The topological polar surface area (TPSA) is 96.0 Å². The number of nitrogens with zero attached hydrogens (tertiary/aromatic N) is 2. The molecule has 1 unspecified atom stereocenters. The Labute approximate surface area is 256 Å². The van der Waals surface area contributed by atoms with Gasteiger partial charge in [0, 0.05) is 12.6 Å². The Balaban J connectivity index is 1.66. The molecule has 1 atom stereocenters. The van der Waals surface area contributed by atoms with Crippen LogP contribution in [0.25, 0.3) is 0 Å². The summed E-state index contributed by atoms with van der Waals surface area (Å²) in [5.41, 5.74) is 1.37. The summed E-state index contributed by atoms with van der Waals surface area (Å²) in [4.78, 5) is 29.5. The number of ether oxygens (including phenoxy) is 1. The minimum atomic E-state index is -4.11. The minimum Gasteiger partial charge on any atom is -0.494 e. The first-order valence-electron chi connectivity index (χ1n) is 15.3. The third-order valence-electron chi connectivity index (χ3n) is 7.87. The molecular formula is C34H43N3O5S. The number of sulfonamides is 1. The molecule has 230 valence electrons. The number of anilines is 1. The van der Waals surface area contributed by atoms with Gasteiger partial charge < -0.3 is 15.0 Å². The molecule has 1 saturated carbocycles. The molecule has 3 aromatic carbocycles. The lowest BCUT2D eigenvalue weighted by atomic mass is 9.95. The molecule has 0 aromatic heterocycles. The van der Waals surface area contributed by atoms with Gasteiger partial charge in [-0.3, -0.25) is 13.9 Å². The Morgan fingerprint density at radius 2 is 1.51 bits per heavy atom. The Hall–Kier alpha value is -3.85. The molecule has 0 heterocycles. The highest BCUT2D eigenvalue weighted by Crippen LogP contribution is 2.27. The number of carbonyl (C=O) groups is 2. The van der Waals surface area contributed by atoms with Crippen LogP contribution in [0.3, 0.4) is 0 Å². The van der Waals surface area contributed by atoms with Crippen LogP contribution in [-0.2, 0) is 26.0 Å². The highest BCUT2D eigenvalue weighted by Gasteiger charge is 2.34. The second-order valence-corrected chi connectivity index (χ2v) is 12.7.